The number of ether oxygens (including phenoxy) is 1. The van der Waals surface area contributed by atoms with Crippen LogP contribution in [0.15, 0.2) is 95.5 Å². The Bertz CT molecular complexity index is 1220. The Morgan fingerprint density at radius 2 is 1.70 bits per heavy atom. The monoisotopic (exact) mass is 455 g/mol. The molecule has 0 amide bonds. The number of furan rings is 1. The van der Waals surface area contributed by atoms with Crippen LogP contribution in [0.3, 0.4) is 0 Å². The second kappa shape index (κ2) is 9.08. The van der Waals surface area contributed by atoms with E-state index < -0.39 is 0 Å². The van der Waals surface area contributed by atoms with Crippen LogP contribution in [0.25, 0.3) is 11.3 Å². The number of thiocarbonyl (C=S) groups is 1. The van der Waals surface area contributed by atoms with Crippen molar-refractivity contribution in [2.24, 2.45) is 0 Å². The summed E-state index contributed by atoms with van der Waals surface area (Å²) in [7, 11) is 0. The number of benzene rings is 2. The third-order valence-electron chi connectivity index (χ3n) is 5.56. The van der Waals surface area contributed by atoms with Crippen LogP contribution in [0.1, 0.15) is 37.4 Å². The first kappa shape index (κ1) is 21.2. The summed E-state index contributed by atoms with van der Waals surface area (Å²) < 4.78 is 12.2. The molecule has 2 atom stereocenters. The van der Waals surface area contributed by atoms with E-state index in [0.717, 1.165) is 34.2 Å². The fraction of sp³-hybridized carbons (Fsp3) is 0.185. The number of rotatable bonds is 6. The summed E-state index contributed by atoms with van der Waals surface area (Å²) in [4.78, 5) is 6.70. The van der Waals surface area contributed by atoms with Crippen LogP contribution in [-0.2, 0) is 0 Å². The molecule has 0 radical (unpaired) electrons. The quantitative estimate of drug-likeness (QED) is 0.344. The van der Waals surface area contributed by atoms with Crippen molar-refractivity contribution >= 4 is 23.0 Å². The Balaban J connectivity index is 1.55. The highest BCUT2D eigenvalue weighted by Crippen LogP contribution is 2.43. The lowest BCUT2D eigenvalue weighted by Gasteiger charge is -2.26. The number of hydrogen-bond acceptors (Lipinski definition) is 4. The highest BCUT2D eigenvalue weighted by atomic mass is 32.1. The Kier molecular flexibility index (Phi) is 5.84. The summed E-state index contributed by atoms with van der Waals surface area (Å²) in [5, 5.41) is 4.10. The molecule has 1 fully saturated rings. The van der Waals surface area contributed by atoms with Crippen molar-refractivity contribution in [1.82, 2.24) is 10.3 Å². The lowest BCUT2D eigenvalue weighted by Crippen LogP contribution is -2.29. The molecular formula is C27H25N3O2S. The van der Waals surface area contributed by atoms with Gasteiger partial charge in [-0.2, -0.15) is 0 Å². The van der Waals surface area contributed by atoms with Gasteiger partial charge in [0.2, 0.25) is 0 Å². The molecular weight excluding hydrogens is 430 g/mol. The molecule has 5 nitrogen and oxygen atoms in total. The van der Waals surface area contributed by atoms with Crippen molar-refractivity contribution < 1.29 is 9.15 Å². The van der Waals surface area contributed by atoms with Crippen molar-refractivity contribution in [3.05, 3.63) is 103 Å². The minimum atomic E-state index is -0.193. The summed E-state index contributed by atoms with van der Waals surface area (Å²) >= 11 is 5.79. The highest BCUT2D eigenvalue weighted by Gasteiger charge is 2.42. The van der Waals surface area contributed by atoms with E-state index in [4.69, 9.17) is 21.4 Å². The van der Waals surface area contributed by atoms with Crippen molar-refractivity contribution in [1.29, 1.82) is 0 Å². The zero-order valence-corrected chi connectivity index (χ0v) is 19.3. The van der Waals surface area contributed by atoms with Crippen LogP contribution in [0.4, 0.5) is 5.69 Å². The molecule has 0 saturated carbocycles. The summed E-state index contributed by atoms with van der Waals surface area (Å²) in [6, 6.07) is 27.7. The van der Waals surface area contributed by atoms with Gasteiger partial charge in [-0.05, 0) is 74.6 Å². The average Bonchev–Trinajstić information content (AvgIpc) is 3.45. The van der Waals surface area contributed by atoms with Crippen LogP contribution < -0.4 is 15.0 Å². The molecule has 5 rings (SSSR count). The average molecular weight is 456 g/mol. The van der Waals surface area contributed by atoms with Crippen molar-refractivity contribution in [3.63, 3.8) is 0 Å². The van der Waals surface area contributed by atoms with E-state index in [0.29, 0.717) is 5.11 Å². The molecule has 1 aliphatic heterocycles. The molecule has 166 valence electrons. The summed E-state index contributed by atoms with van der Waals surface area (Å²) in [5.74, 6) is 2.47. The Morgan fingerprint density at radius 1 is 0.939 bits per heavy atom. The maximum absolute atomic E-state index is 6.39. The lowest BCUT2D eigenvalue weighted by molar-refractivity contribution is 0.242. The van der Waals surface area contributed by atoms with E-state index in [9.17, 15) is 0 Å². The molecule has 3 heterocycles. The summed E-state index contributed by atoms with van der Waals surface area (Å²) in [6.07, 6.45) is 1.92. The predicted octanol–water partition coefficient (Wildman–Crippen LogP) is 6.31. The van der Waals surface area contributed by atoms with Crippen LogP contribution in [0.5, 0.6) is 5.75 Å². The molecule has 1 aliphatic rings. The van der Waals surface area contributed by atoms with Gasteiger partial charge in [-0.15, -0.1) is 0 Å². The van der Waals surface area contributed by atoms with E-state index in [1.807, 2.05) is 98.8 Å². The minimum absolute atomic E-state index is 0.117. The Labute approximate surface area is 199 Å². The first-order valence-corrected chi connectivity index (χ1v) is 11.4. The van der Waals surface area contributed by atoms with Gasteiger partial charge in [0.1, 0.15) is 23.3 Å². The van der Waals surface area contributed by atoms with Gasteiger partial charge < -0.3 is 19.4 Å². The van der Waals surface area contributed by atoms with E-state index in [1.165, 1.54) is 0 Å². The van der Waals surface area contributed by atoms with Gasteiger partial charge >= 0.3 is 0 Å². The second-order valence-electron chi connectivity index (χ2n) is 8.23. The molecule has 2 unspecified atom stereocenters. The number of pyridine rings is 1. The van der Waals surface area contributed by atoms with E-state index in [-0.39, 0.29) is 18.2 Å². The zero-order valence-electron chi connectivity index (χ0n) is 18.5. The van der Waals surface area contributed by atoms with Gasteiger partial charge in [0.25, 0.3) is 0 Å². The van der Waals surface area contributed by atoms with Gasteiger partial charge in [0.05, 0.1) is 17.8 Å². The molecule has 1 saturated heterocycles. The molecule has 6 heteroatoms. The minimum Gasteiger partial charge on any atom is -0.491 e. The number of hydrogen-bond donors (Lipinski definition) is 1. The van der Waals surface area contributed by atoms with Crippen molar-refractivity contribution in [2.75, 3.05) is 4.90 Å². The van der Waals surface area contributed by atoms with Gasteiger partial charge in [-0.25, -0.2) is 0 Å². The second-order valence-corrected chi connectivity index (χ2v) is 8.61. The first-order valence-electron chi connectivity index (χ1n) is 11.0. The fourth-order valence-electron chi connectivity index (χ4n) is 4.15. The van der Waals surface area contributed by atoms with E-state index >= 15 is 0 Å². The molecule has 33 heavy (non-hydrogen) atoms. The SMILES string of the molecule is CC(C)Oc1ccc(N2C(=S)NC(c3ccccn3)C2c2ccc(-c3ccccc3)o2)cc1. The van der Waals surface area contributed by atoms with Crippen LogP contribution in [0, 0.1) is 0 Å². The number of nitrogens with zero attached hydrogens (tertiary/aromatic N) is 2. The van der Waals surface area contributed by atoms with Crippen molar-refractivity contribution in [3.8, 4) is 17.1 Å². The lowest BCUT2D eigenvalue weighted by atomic mass is 10.0. The van der Waals surface area contributed by atoms with Gasteiger partial charge in [-0.3, -0.25) is 4.98 Å². The van der Waals surface area contributed by atoms with Crippen LogP contribution >= 0.6 is 12.2 Å². The van der Waals surface area contributed by atoms with Gasteiger partial charge in [0, 0.05) is 17.4 Å². The largest absolute Gasteiger partial charge is 0.491 e. The molecule has 2 aromatic heterocycles. The topological polar surface area (TPSA) is 50.5 Å². The third kappa shape index (κ3) is 4.34. The first-order chi connectivity index (χ1) is 16.1. The van der Waals surface area contributed by atoms with Gasteiger partial charge in [0.15, 0.2) is 5.11 Å². The van der Waals surface area contributed by atoms with E-state index in [1.54, 1.807) is 6.20 Å². The molecule has 0 bridgehead atoms. The Hall–Kier alpha value is -3.64. The number of aromatic nitrogens is 1. The van der Waals surface area contributed by atoms with E-state index in [2.05, 4.69) is 15.2 Å². The standard InChI is InChI=1S/C27H25N3O2S/c1-18(2)31-21-13-11-20(12-14-21)30-26(25(29-27(30)33)22-10-6-7-17-28-22)24-16-15-23(32-24)19-8-4-3-5-9-19/h3-18,25-26H,1-2H3,(H,29,33). The Morgan fingerprint density at radius 3 is 2.39 bits per heavy atom. The van der Waals surface area contributed by atoms with Gasteiger partial charge in [-0.1, -0.05) is 36.4 Å². The normalized spacial score (nSPS) is 17.9. The fourth-order valence-corrected chi connectivity index (χ4v) is 4.49. The smallest absolute Gasteiger partial charge is 0.174 e. The van der Waals surface area contributed by atoms with Crippen LogP contribution in [0.2, 0.25) is 0 Å². The number of nitrogens with one attached hydrogen (secondary N) is 1. The zero-order chi connectivity index (χ0) is 22.8. The molecule has 1 N–H and O–H groups in total. The van der Waals surface area contributed by atoms with Crippen LogP contribution in [-0.4, -0.2) is 16.2 Å². The number of anilines is 1. The molecule has 0 aliphatic carbocycles. The third-order valence-corrected chi connectivity index (χ3v) is 5.88. The summed E-state index contributed by atoms with van der Waals surface area (Å²) in [5.41, 5.74) is 2.91. The maximum Gasteiger partial charge on any atom is 0.174 e. The summed E-state index contributed by atoms with van der Waals surface area (Å²) in [6.45, 7) is 4.03. The highest BCUT2D eigenvalue weighted by molar-refractivity contribution is 7.80. The molecule has 2 aromatic carbocycles. The maximum atomic E-state index is 6.39. The molecule has 4 aromatic rings. The molecule has 0 spiro atoms. The predicted molar refractivity (Wildman–Crippen MR) is 134 cm³/mol. The van der Waals surface area contributed by atoms with Crippen molar-refractivity contribution in [2.45, 2.75) is 32.0 Å².